The summed E-state index contributed by atoms with van der Waals surface area (Å²) in [5, 5.41) is 3.73. The average molecular weight is 245 g/mol. The van der Waals surface area contributed by atoms with E-state index in [0.717, 1.165) is 18.5 Å². The van der Waals surface area contributed by atoms with Gasteiger partial charge < -0.3 is 5.32 Å². The zero-order chi connectivity index (χ0) is 13.0. The lowest BCUT2D eigenvalue weighted by Crippen LogP contribution is -2.38. The molecular weight excluding hydrogens is 218 g/mol. The van der Waals surface area contributed by atoms with Crippen LogP contribution in [0.25, 0.3) is 0 Å². The van der Waals surface area contributed by atoms with Crippen molar-refractivity contribution in [3.63, 3.8) is 0 Å². The van der Waals surface area contributed by atoms with Gasteiger partial charge in [-0.15, -0.1) is 0 Å². The van der Waals surface area contributed by atoms with Crippen molar-refractivity contribution in [2.45, 2.75) is 58.4 Å². The summed E-state index contributed by atoms with van der Waals surface area (Å²) in [5.41, 5.74) is 1.93. The fourth-order valence-electron chi connectivity index (χ4n) is 2.81. The maximum absolute atomic E-state index is 3.73. The minimum absolute atomic E-state index is 0.399. The Hall–Kier alpha value is -0.820. The highest BCUT2D eigenvalue weighted by atomic mass is 14.9. The van der Waals surface area contributed by atoms with Crippen LogP contribution in [0.1, 0.15) is 57.9 Å². The molecule has 0 atom stereocenters. The molecule has 1 aliphatic carbocycles. The summed E-state index contributed by atoms with van der Waals surface area (Å²) in [5.74, 6) is 0.791. The molecule has 0 spiro atoms. The quantitative estimate of drug-likeness (QED) is 0.835. The number of hydrogen-bond acceptors (Lipinski definition) is 1. The van der Waals surface area contributed by atoms with E-state index in [9.17, 15) is 0 Å². The van der Waals surface area contributed by atoms with Gasteiger partial charge >= 0.3 is 0 Å². The van der Waals surface area contributed by atoms with Crippen LogP contribution in [0.15, 0.2) is 30.3 Å². The van der Waals surface area contributed by atoms with Crippen molar-refractivity contribution in [2.75, 3.05) is 6.54 Å². The third-order valence-corrected chi connectivity index (χ3v) is 3.92. The van der Waals surface area contributed by atoms with Gasteiger partial charge in [0.15, 0.2) is 0 Å². The molecule has 0 amide bonds. The summed E-state index contributed by atoms with van der Waals surface area (Å²) >= 11 is 0. The van der Waals surface area contributed by atoms with Crippen molar-refractivity contribution in [1.82, 2.24) is 5.32 Å². The lowest BCUT2D eigenvalue weighted by atomic mass is 9.81. The molecule has 0 heterocycles. The maximum atomic E-state index is 3.73. The Morgan fingerprint density at radius 3 is 2.17 bits per heavy atom. The fourth-order valence-corrected chi connectivity index (χ4v) is 2.81. The van der Waals surface area contributed by atoms with Crippen LogP contribution in [0.2, 0.25) is 0 Å². The Morgan fingerprint density at radius 1 is 1.00 bits per heavy atom. The molecule has 1 aromatic carbocycles. The van der Waals surface area contributed by atoms with Gasteiger partial charge in [0.1, 0.15) is 0 Å². The van der Waals surface area contributed by atoms with Gasteiger partial charge in [-0.1, -0.05) is 51.1 Å². The van der Waals surface area contributed by atoms with E-state index in [1.165, 1.54) is 31.2 Å². The van der Waals surface area contributed by atoms with Crippen molar-refractivity contribution in [3.8, 4) is 0 Å². The fraction of sp³-hybridized carbons (Fsp3) is 0.647. The number of nitrogens with one attached hydrogen (secondary N) is 1. The van der Waals surface area contributed by atoms with Gasteiger partial charge in [-0.05, 0) is 42.6 Å². The Labute approximate surface area is 112 Å². The first kappa shape index (κ1) is 13.6. The summed E-state index contributed by atoms with van der Waals surface area (Å²) in [7, 11) is 0. The predicted octanol–water partition coefficient (Wildman–Crippen LogP) is 4.35. The van der Waals surface area contributed by atoms with Gasteiger partial charge in [-0.3, -0.25) is 0 Å². The minimum Gasteiger partial charge on any atom is -0.313 e. The lowest BCUT2D eigenvalue weighted by Gasteiger charge is -2.31. The number of benzene rings is 1. The average Bonchev–Trinajstić information content (AvgIpc) is 2.37. The smallest absolute Gasteiger partial charge is 0.00677 e. The van der Waals surface area contributed by atoms with Crippen LogP contribution in [0.5, 0.6) is 0 Å². The van der Waals surface area contributed by atoms with E-state index >= 15 is 0 Å². The van der Waals surface area contributed by atoms with E-state index in [4.69, 9.17) is 0 Å². The molecule has 100 valence electrons. The normalized spacial score (nSPS) is 25.1. The van der Waals surface area contributed by atoms with Crippen LogP contribution in [0, 0.1) is 5.41 Å². The first-order chi connectivity index (χ1) is 8.54. The molecule has 1 N–H and O–H groups in total. The standard InChI is InChI=1S/C17H27N/c1-17(2,3)13-18-16-11-9-15(10-12-16)14-7-5-4-6-8-14/h4-8,15-16,18H,9-13H2,1-3H3. The van der Waals surface area contributed by atoms with Crippen LogP contribution >= 0.6 is 0 Å². The van der Waals surface area contributed by atoms with Crippen LogP contribution < -0.4 is 5.32 Å². The van der Waals surface area contributed by atoms with Crippen molar-refractivity contribution < 1.29 is 0 Å². The molecule has 2 rings (SSSR count). The monoisotopic (exact) mass is 245 g/mol. The van der Waals surface area contributed by atoms with Crippen LogP contribution in [0.3, 0.4) is 0 Å². The van der Waals surface area contributed by atoms with Gasteiger partial charge in [-0.25, -0.2) is 0 Å². The Bertz CT molecular complexity index is 342. The lowest BCUT2D eigenvalue weighted by molar-refractivity contribution is 0.294. The van der Waals surface area contributed by atoms with Gasteiger partial charge in [0.25, 0.3) is 0 Å². The number of hydrogen-bond donors (Lipinski definition) is 1. The van der Waals surface area contributed by atoms with E-state index < -0.39 is 0 Å². The summed E-state index contributed by atoms with van der Waals surface area (Å²) < 4.78 is 0. The van der Waals surface area contributed by atoms with Gasteiger partial charge in [0.2, 0.25) is 0 Å². The van der Waals surface area contributed by atoms with E-state index in [-0.39, 0.29) is 0 Å². The van der Waals surface area contributed by atoms with Crippen molar-refractivity contribution in [3.05, 3.63) is 35.9 Å². The maximum Gasteiger partial charge on any atom is 0.00677 e. The van der Waals surface area contributed by atoms with Crippen LogP contribution in [0.4, 0.5) is 0 Å². The molecule has 1 saturated carbocycles. The van der Waals surface area contributed by atoms with Crippen LogP contribution in [-0.4, -0.2) is 12.6 Å². The summed E-state index contributed by atoms with van der Waals surface area (Å²) in [6, 6.07) is 11.8. The number of rotatable bonds is 3. The third-order valence-electron chi connectivity index (χ3n) is 3.92. The first-order valence-electron chi connectivity index (χ1n) is 7.33. The topological polar surface area (TPSA) is 12.0 Å². The highest BCUT2D eigenvalue weighted by molar-refractivity contribution is 5.20. The van der Waals surface area contributed by atoms with Gasteiger partial charge in [0, 0.05) is 12.6 Å². The zero-order valence-electron chi connectivity index (χ0n) is 12.1. The Kier molecular flexibility index (Phi) is 4.45. The molecule has 0 saturated heterocycles. The highest BCUT2D eigenvalue weighted by Crippen LogP contribution is 2.32. The molecule has 18 heavy (non-hydrogen) atoms. The molecule has 0 unspecified atom stereocenters. The molecule has 1 aromatic rings. The Morgan fingerprint density at radius 2 is 1.61 bits per heavy atom. The summed E-state index contributed by atoms with van der Waals surface area (Å²) in [4.78, 5) is 0. The molecule has 0 bridgehead atoms. The predicted molar refractivity (Wildman–Crippen MR) is 78.9 cm³/mol. The molecular formula is C17H27N. The second-order valence-electron chi connectivity index (χ2n) is 6.90. The SMILES string of the molecule is CC(C)(C)CNC1CCC(c2ccccc2)CC1. The van der Waals surface area contributed by atoms with E-state index in [1.54, 1.807) is 0 Å². The van der Waals surface area contributed by atoms with Gasteiger partial charge in [0.05, 0.1) is 0 Å². The molecule has 1 fully saturated rings. The van der Waals surface area contributed by atoms with Crippen molar-refractivity contribution in [1.29, 1.82) is 0 Å². The van der Waals surface area contributed by atoms with E-state index in [0.29, 0.717) is 5.41 Å². The Balaban J connectivity index is 1.78. The largest absolute Gasteiger partial charge is 0.313 e. The third kappa shape index (κ3) is 4.13. The molecule has 1 nitrogen and oxygen atoms in total. The minimum atomic E-state index is 0.399. The van der Waals surface area contributed by atoms with Crippen molar-refractivity contribution >= 4 is 0 Å². The van der Waals surface area contributed by atoms with E-state index in [1.807, 2.05) is 0 Å². The molecule has 1 aliphatic rings. The zero-order valence-corrected chi connectivity index (χ0v) is 12.1. The molecule has 1 heteroatoms. The van der Waals surface area contributed by atoms with E-state index in [2.05, 4.69) is 56.4 Å². The van der Waals surface area contributed by atoms with Gasteiger partial charge in [-0.2, -0.15) is 0 Å². The van der Waals surface area contributed by atoms with Crippen molar-refractivity contribution in [2.24, 2.45) is 5.41 Å². The molecule has 0 aromatic heterocycles. The molecule has 0 radical (unpaired) electrons. The summed E-state index contributed by atoms with van der Waals surface area (Å²) in [6.07, 6.45) is 5.34. The first-order valence-corrected chi connectivity index (χ1v) is 7.33. The second-order valence-corrected chi connectivity index (χ2v) is 6.90. The second kappa shape index (κ2) is 5.88. The highest BCUT2D eigenvalue weighted by Gasteiger charge is 2.23. The summed E-state index contributed by atoms with van der Waals surface area (Å²) in [6.45, 7) is 8.04. The van der Waals surface area contributed by atoms with Crippen LogP contribution in [-0.2, 0) is 0 Å². The molecule has 0 aliphatic heterocycles.